The first-order valence-electron chi connectivity index (χ1n) is 12.7. The molecule has 0 heterocycles. The number of ether oxygens (including phenoxy) is 3. The number of esters is 1. The van der Waals surface area contributed by atoms with Crippen molar-refractivity contribution in [2.45, 2.75) is 19.1 Å². The van der Waals surface area contributed by atoms with Crippen LogP contribution >= 0.6 is 0 Å². The summed E-state index contributed by atoms with van der Waals surface area (Å²) in [4.78, 5) is 25.5. The van der Waals surface area contributed by atoms with Gasteiger partial charge in [-0.3, -0.25) is 4.79 Å². The highest BCUT2D eigenvalue weighted by molar-refractivity contribution is 5.97. The fourth-order valence-corrected chi connectivity index (χ4v) is 3.90. The molecule has 0 fully saturated rings. The summed E-state index contributed by atoms with van der Waals surface area (Å²) in [6, 6.07) is 33.3. The van der Waals surface area contributed by atoms with Gasteiger partial charge >= 0.3 is 5.97 Å². The smallest absolute Gasteiger partial charge is 0.328 e. The molecular formula is C33H31NO5. The Balaban J connectivity index is 1.33. The summed E-state index contributed by atoms with van der Waals surface area (Å²) in [5.41, 5.74) is 3.41. The topological polar surface area (TPSA) is 73.9 Å². The van der Waals surface area contributed by atoms with Gasteiger partial charge < -0.3 is 19.5 Å². The number of nitrogens with one attached hydrogen (secondary N) is 1. The van der Waals surface area contributed by atoms with Crippen molar-refractivity contribution in [3.05, 3.63) is 138 Å². The summed E-state index contributed by atoms with van der Waals surface area (Å²) in [6.07, 6.45) is 4.16. The second-order valence-electron chi connectivity index (χ2n) is 8.82. The maximum Gasteiger partial charge on any atom is 0.328 e. The molecule has 6 nitrogen and oxygen atoms in total. The Morgan fingerprint density at radius 2 is 1.49 bits per heavy atom. The van der Waals surface area contributed by atoms with Crippen LogP contribution in [0, 0.1) is 0 Å². The van der Waals surface area contributed by atoms with Gasteiger partial charge in [-0.2, -0.15) is 0 Å². The molecule has 1 unspecified atom stereocenters. The highest BCUT2D eigenvalue weighted by atomic mass is 16.5. The van der Waals surface area contributed by atoms with Gasteiger partial charge in [0.2, 0.25) is 0 Å². The molecule has 4 aromatic carbocycles. The summed E-state index contributed by atoms with van der Waals surface area (Å²) < 4.78 is 16.6. The van der Waals surface area contributed by atoms with Crippen molar-refractivity contribution in [3.63, 3.8) is 0 Å². The largest absolute Gasteiger partial charge is 0.490 e. The van der Waals surface area contributed by atoms with Crippen LogP contribution in [0.5, 0.6) is 11.5 Å². The molecule has 0 bridgehead atoms. The van der Waals surface area contributed by atoms with E-state index in [-0.39, 0.29) is 6.42 Å². The number of hydrogen-bond donors (Lipinski definition) is 1. The lowest BCUT2D eigenvalue weighted by atomic mass is 10.0. The molecule has 4 rings (SSSR count). The fourth-order valence-electron chi connectivity index (χ4n) is 3.90. The van der Waals surface area contributed by atoms with Crippen LogP contribution < -0.4 is 14.8 Å². The van der Waals surface area contributed by atoms with Crippen molar-refractivity contribution in [3.8, 4) is 11.5 Å². The van der Waals surface area contributed by atoms with Crippen LogP contribution in [0.15, 0.2) is 115 Å². The molecule has 0 aliphatic heterocycles. The standard InChI is InChI=1S/C33H31NO5/c1-37-33(36)31(22-26-17-19-29(20-18-26)39-24-27-12-6-3-7-13-27)34-32(35)28-15-8-16-30(23-28)38-21-9-14-25-10-4-2-5-11-25/h2-20,23,31H,21-22,24H2,1H3,(H,34,35). The Hall–Kier alpha value is -4.84. The molecule has 0 saturated heterocycles. The van der Waals surface area contributed by atoms with Crippen LogP contribution in [0.3, 0.4) is 0 Å². The molecule has 0 radical (unpaired) electrons. The van der Waals surface area contributed by atoms with E-state index in [1.165, 1.54) is 7.11 Å². The average molecular weight is 522 g/mol. The lowest BCUT2D eigenvalue weighted by Gasteiger charge is -2.17. The van der Waals surface area contributed by atoms with Crippen molar-refractivity contribution in [1.82, 2.24) is 5.32 Å². The van der Waals surface area contributed by atoms with Gasteiger partial charge in [0.1, 0.15) is 30.8 Å². The quantitative estimate of drug-likeness (QED) is 0.236. The van der Waals surface area contributed by atoms with Crippen molar-refractivity contribution in [2.75, 3.05) is 13.7 Å². The van der Waals surface area contributed by atoms with Crippen molar-refractivity contribution < 1.29 is 23.8 Å². The van der Waals surface area contributed by atoms with E-state index >= 15 is 0 Å². The van der Waals surface area contributed by atoms with Crippen LogP contribution in [0.4, 0.5) is 0 Å². The lowest BCUT2D eigenvalue weighted by molar-refractivity contribution is -0.142. The zero-order chi connectivity index (χ0) is 27.3. The summed E-state index contributed by atoms with van der Waals surface area (Å²) >= 11 is 0. The van der Waals surface area contributed by atoms with Crippen LogP contribution in [-0.4, -0.2) is 31.6 Å². The van der Waals surface area contributed by atoms with Gasteiger partial charge in [0, 0.05) is 12.0 Å². The molecule has 0 aliphatic carbocycles. The first-order valence-corrected chi connectivity index (χ1v) is 12.7. The number of carbonyl (C=O) groups excluding carboxylic acids is 2. The maximum absolute atomic E-state index is 13.0. The summed E-state index contributed by atoms with van der Waals surface area (Å²) in [5.74, 6) is 0.363. The van der Waals surface area contributed by atoms with E-state index in [9.17, 15) is 9.59 Å². The predicted octanol–water partition coefficient (Wildman–Crippen LogP) is 5.87. The van der Waals surface area contributed by atoms with Crippen molar-refractivity contribution in [2.24, 2.45) is 0 Å². The van der Waals surface area contributed by atoms with E-state index in [1.54, 1.807) is 24.3 Å². The molecule has 4 aromatic rings. The minimum absolute atomic E-state index is 0.276. The van der Waals surface area contributed by atoms with E-state index in [0.717, 1.165) is 22.4 Å². The first kappa shape index (κ1) is 27.2. The predicted molar refractivity (Wildman–Crippen MR) is 152 cm³/mol. The third-order valence-electron chi connectivity index (χ3n) is 5.95. The van der Waals surface area contributed by atoms with Gasteiger partial charge in [0.15, 0.2) is 0 Å². The van der Waals surface area contributed by atoms with Crippen LogP contribution in [0.2, 0.25) is 0 Å². The lowest BCUT2D eigenvalue weighted by Crippen LogP contribution is -2.43. The molecule has 0 spiro atoms. The Kier molecular flexibility index (Phi) is 9.90. The highest BCUT2D eigenvalue weighted by Gasteiger charge is 2.23. The number of benzene rings is 4. The van der Waals surface area contributed by atoms with Gasteiger partial charge in [-0.25, -0.2) is 4.79 Å². The molecule has 198 valence electrons. The van der Waals surface area contributed by atoms with Gasteiger partial charge in [-0.05, 0) is 53.1 Å². The average Bonchev–Trinajstić information content (AvgIpc) is 2.99. The van der Waals surface area contributed by atoms with E-state index < -0.39 is 17.9 Å². The molecular weight excluding hydrogens is 490 g/mol. The monoisotopic (exact) mass is 521 g/mol. The summed E-state index contributed by atoms with van der Waals surface area (Å²) in [5, 5.41) is 2.80. The number of amides is 1. The Morgan fingerprint density at radius 3 is 2.21 bits per heavy atom. The van der Waals surface area contributed by atoms with Crippen LogP contribution in [0.1, 0.15) is 27.0 Å². The molecule has 0 saturated carbocycles. The minimum Gasteiger partial charge on any atom is -0.490 e. The third kappa shape index (κ3) is 8.61. The van der Waals surface area contributed by atoms with E-state index in [4.69, 9.17) is 14.2 Å². The van der Waals surface area contributed by atoms with Gasteiger partial charge in [0.05, 0.1) is 7.11 Å². The van der Waals surface area contributed by atoms with E-state index in [2.05, 4.69) is 5.32 Å². The first-order chi connectivity index (χ1) is 19.1. The van der Waals surface area contributed by atoms with E-state index in [1.807, 2.05) is 97.1 Å². The molecule has 6 heteroatoms. The second-order valence-corrected chi connectivity index (χ2v) is 8.82. The summed E-state index contributed by atoms with van der Waals surface area (Å²) in [7, 11) is 1.30. The number of methoxy groups -OCH3 is 1. The molecule has 1 N–H and O–H groups in total. The third-order valence-corrected chi connectivity index (χ3v) is 5.95. The van der Waals surface area contributed by atoms with E-state index in [0.29, 0.717) is 24.5 Å². The molecule has 0 aromatic heterocycles. The molecule has 39 heavy (non-hydrogen) atoms. The molecule has 0 aliphatic rings. The molecule has 1 atom stereocenters. The highest BCUT2D eigenvalue weighted by Crippen LogP contribution is 2.17. The normalized spacial score (nSPS) is 11.5. The van der Waals surface area contributed by atoms with Gasteiger partial charge in [-0.1, -0.05) is 84.9 Å². The second kappa shape index (κ2) is 14.2. The summed E-state index contributed by atoms with van der Waals surface area (Å²) in [6.45, 7) is 0.822. The fraction of sp³-hybridized carbons (Fsp3) is 0.152. The maximum atomic E-state index is 13.0. The zero-order valence-corrected chi connectivity index (χ0v) is 21.8. The van der Waals surface area contributed by atoms with Crippen LogP contribution in [0.25, 0.3) is 6.08 Å². The SMILES string of the molecule is COC(=O)C(Cc1ccc(OCc2ccccc2)cc1)NC(=O)c1cccc(OCC=Cc2ccccc2)c1. The Bertz CT molecular complexity index is 1370. The van der Waals surface area contributed by atoms with Crippen molar-refractivity contribution >= 4 is 18.0 Å². The number of rotatable bonds is 12. The molecule has 1 amide bonds. The number of hydrogen-bond acceptors (Lipinski definition) is 5. The minimum atomic E-state index is -0.850. The Morgan fingerprint density at radius 1 is 0.769 bits per heavy atom. The Labute approximate surface area is 228 Å². The zero-order valence-electron chi connectivity index (χ0n) is 21.8. The van der Waals surface area contributed by atoms with Crippen molar-refractivity contribution in [1.29, 1.82) is 0 Å². The van der Waals surface area contributed by atoms with Gasteiger partial charge in [-0.15, -0.1) is 0 Å². The number of carbonyl (C=O) groups is 2. The van der Waals surface area contributed by atoms with Crippen LogP contribution in [-0.2, 0) is 22.6 Å². The van der Waals surface area contributed by atoms with Gasteiger partial charge in [0.25, 0.3) is 5.91 Å².